The maximum atomic E-state index is 13.7. The van der Waals surface area contributed by atoms with Gasteiger partial charge in [-0.05, 0) is 18.9 Å². The molecule has 0 unspecified atom stereocenters. The minimum Gasteiger partial charge on any atom is -0.335 e. The molecule has 1 aromatic carbocycles. The quantitative estimate of drug-likeness (QED) is 0.924. The summed E-state index contributed by atoms with van der Waals surface area (Å²) in [5.74, 6) is -1.06. The Hall–Kier alpha value is -1.20. The van der Waals surface area contributed by atoms with Crippen LogP contribution in [-0.4, -0.2) is 29.9 Å². The minimum atomic E-state index is -0.589. The molecule has 0 bridgehead atoms. The molecule has 20 heavy (non-hydrogen) atoms. The first-order chi connectivity index (χ1) is 9.15. The maximum absolute atomic E-state index is 13.7. The van der Waals surface area contributed by atoms with Gasteiger partial charge in [0.05, 0.1) is 5.92 Å². The van der Waals surface area contributed by atoms with Crippen molar-refractivity contribution in [2.75, 3.05) is 13.1 Å². The van der Waals surface area contributed by atoms with Gasteiger partial charge in [0.1, 0.15) is 11.6 Å². The van der Waals surface area contributed by atoms with Gasteiger partial charge in [0.2, 0.25) is 5.91 Å². The van der Waals surface area contributed by atoms with Crippen molar-refractivity contribution < 1.29 is 13.6 Å². The van der Waals surface area contributed by atoms with Gasteiger partial charge in [0.15, 0.2) is 0 Å². The van der Waals surface area contributed by atoms with E-state index in [1.54, 1.807) is 4.90 Å². The van der Waals surface area contributed by atoms with Crippen molar-refractivity contribution >= 4 is 18.3 Å². The van der Waals surface area contributed by atoms with Gasteiger partial charge in [-0.1, -0.05) is 6.07 Å². The summed E-state index contributed by atoms with van der Waals surface area (Å²) in [6.45, 7) is 1.65. The van der Waals surface area contributed by atoms with Crippen LogP contribution in [0.2, 0.25) is 0 Å². The Labute approximate surface area is 122 Å². The second-order valence-corrected chi connectivity index (χ2v) is 5.29. The summed E-state index contributed by atoms with van der Waals surface area (Å²) >= 11 is 0. The number of rotatable bonds is 4. The molecule has 1 saturated carbocycles. The van der Waals surface area contributed by atoms with Crippen molar-refractivity contribution in [1.29, 1.82) is 0 Å². The van der Waals surface area contributed by atoms with Crippen molar-refractivity contribution in [1.82, 2.24) is 10.2 Å². The van der Waals surface area contributed by atoms with Gasteiger partial charge < -0.3 is 10.2 Å². The van der Waals surface area contributed by atoms with Crippen LogP contribution >= 0.6 is 12.4 Å². The molecule has 3 nitrogen and oxygen atoms in total. The molecule has 0 aromatic heterocycles. The zero-order valence-electron chi connectivity index (χ0n) is 10.9. The van der Waals surface area contributed by atoms with Crippen LogP contribution in [0.25, 0.3) is 0 Å². The highest BCUT2D eigenvalue weighted by Crippen LogP contribution is 2.30. The van der Waals surface area contributed by atoms with Gasteiger partial charge >= 0.3 is 0 Å². The molecular formula is C14H17ClF2N2O. The first-order valence-corrected chi connectivity index (χ1v) is 6.60. The fourth-order valence-corrected chi connectivity index (χ4v) is 2.30. The Morgan fingerprint density at radius 2 is 2.00 bits per heavy atom. The molecule has 6 heteroatoms. The van der Waals surface area contributed by atoms with Crippen LogP contribution in [0, 0.1) is 17.6 Å². The maximum Gasteiger partial charge on any atom is 0.228 e. The number of hydrogen-bond donors (Lipinski definition) is 1. The van der Waals surface area contributed by atoms with E-state index in [0.717, 1.165) is 18.9 Å². The van der Waals surface area contributed by atoms with Gasteiger partial charge in [-0.2, -0.15) is 0 Å². The van der Waals surface area contributed by atoms with E-state index in [2.05, 4.69) is 5.32 Å². The van der Waals surface area contributed by atoms with E-state index in [4.69, 9.17) is 0 Å². The summed E-state index contributed by atoms with van der Waals surface area (Å²) in [5.41, 5.74) is 0.383. The lowest BCUT2D eigenvalue weighted by Gasteiger charge is -2.32. The molecule has 0 spiro atoms. The molecular weight excluding hydrogens is 286 g/mol. The molecule has 1 aliphatic carbocycles. The third-order valence-electron chi connectivity index (χ3n) is 3.76. The van der Waals surface area contributed by atoms with E-state index < -0.39 is 11.6 Å². The lowest BCUT2D eigenvalue weighted by atomic mass is 10.0. The number of nitrogens with one attached hydrogen (secondary N) is 1. The molecule has 1 N–H and O–H groups in total. The third kappa shape index (κ3) is 3.10. The standard InChI is InChI=1S/C14H16F2N2O.ClH/c15-11-2-1-9(13(16)5-11)8-18(12-3-4-12)14(19)10-6-17-7-10;/h1-2,5,10,12,17H,3-4,6-8H2;1H. The number of amides is 1. The fourth-order valence-electron chi connectivity index (χ4n) is 2.30. The van der Waals surface area contributed by atoms with Crippen LogP contribution in [0.5, 0.6) is 0 Å². The van der Waals surface area contributed by atoms with Crippen molar-refractivity contribution in [3.8, 4) is 0 Å². The highest BCUT2D eigenvalue weighted by Gasteiger charge is 2.37. The zero-order valence-corrected chi connectivity index (χ0v) is 11.8. The van der Waals surface area contributed by atoms with E-state index in [-0.39, 0.29) is 36.8 Å². The molecule has 2 fully saturated rings. The second-order valence-electron chi connectivity index (χ2n) is 5.29. The van der Waals surface area contributed by atoms with Crippen LogP contribution < -0.4 is 5.32 Å². The van der Waals surface area contributed by atoms with Crippen LogP contribution in [-0.2, 0) is 11.3 Å². The molecule has 1 aromatic rings. The molecule has 0 atom stereocenters. The monoisotopic (exact) mass is 302 g/mol. The van der Waals surface area contributed by atoms with Crippen molar-refractivity contribution in [2.24, 2.45) is 5.92 Å². The van der Waals surface area contributed by atoms with Gasteiger partial charge in [-0.3, -0.25) is 4.79 Å². The summed E-state index contributed by atoms with van der Waals surface area (Å²) in [7, 11) is 0. The highest BCUT2D eigenvalue weighted by atomic mass is 35.5. The Kier molecular flexibility index (Phi) is 4.60. The Morgan fingerprint density at radius 1 is 1.30 bits per heavy atom. The largest absolute Gasteiger partial charge is 0.335 e. The number of hydrogen-bond acceptors (Lipinski definition) is 2. The predicted octanol–water partition coefficient (Wildman–Crippen LogP) is 2.10. The second kappa shape index (κ2) is 6.06. The van der Waals surface area contributed by atoms with Gasteiger partial charge in [-0.15, -0.1) is 12.4 Å². The zero-order chi connectivity index (χ0) is 13.4. The smallest absolute Gasteiger partial charge is 0.228 e. The van der Waals surface area contributed by atoms with Crippen LogP contribution in [0.1, 0.15) is 18.4 Å². The summed E-state index contributed by atoms with van der Waals surface area (Å²) in [6, 6.07) is 3.76. The molecule has 1 heterocycles. The lowest BCUT2D eigenvalue weighted by Crippen LogP contribution is -2.52. The molecule has 110 valence electrons. The number of carbonyl (C=O) groups is 1. The average Bonchev–Trinajstić information content (AvgIpc) is 3.09. The number of carbonyl (C=O) groups excluding carboxylic acids is 1. The molecule has 3 rings (SSSR count). The third-order valence-corrected chi connectivity index (χ3v) is 3.76. The number of halogens is 3. The van der Waals surface area contributed by atoms with Crippen molar-refractivity contribution in [2.45, 2.75) is 25.4 Å². The Balaban J connectivity index is 0.00000147. The highest BCUT2D eigenvalue weighted by molar-refractivity contribution is 5.85. The summed E-state index contributed by atoms with van der Waals surface area (Å²) in [6.07, 6.45) is 1.96. The van der Waals surface area contributed by atoms with Crippen LogP contribution in [0.15, 0.2) is 18.2 Å². The Morgan fingerprint density at radius 3 is 2.50 bits per heavy atom. The molecule has 0 radical (unpaired) electrons. The number of benzene rings is 1. The summed E-state index contributed by atoms with van der Waals surface area (Å²) in [4.78, 5) is 14.0. The molecule has 1 amide bonds. The first-order valence-electron chi connectivity index (χ1n) is 6.60. The Bertz CT molecular complexity index is 504. The molecule has 2 aliphatic rings. The summed E-state index contributed by atoms with van der Waals surface area (Å²) in [5, 5.41) is 3.07. The molecule has 1 saturated heterocycles. The molecule has 1 aliphatic heterocycles. The number of nitrogens with zero attached hydrogens (tertiary/aromatic N) is 1. The van der Waals surface area contributed by atoms with Gasteiger partial charge in [0.25, 0.3) is 0 Å². The normalized spacial score (nSPS) is 18.1. The van der Waals surface area contributed by atoms with Gasteiger partial charge in [0, 0.05) is 37.3 Å². The SMILES string of the molecule is Cl.O=C(C1CNC1)N(Cc1ccc(F)cc1F)C1CC1. The predicted molar refractivity (Wildman–Crippen MR) is 73.5 cm³/mol. The minimum absolute atomic E-state index is 0. The van der Waals surface area contributed by atoms with Crippen LogP contribution in [0.3, 0.4) is 0 Å². The fraction of sp³-hybridized carbons (Fsp3) is 0.500. The summed E-state index contributed by atoms with van der Waals surface area (Å²) < 4.78 is 26.5. The first kappa shape index (κ1) is 15.2. The van der Waals surface area contributed by atoms with E-state index in [1.807, 2.05) is 0 Å². The van der Waals surface area contributed by atoms with Gasteiger partial charge in [-0.25, -0.2) is 8.78 Å². The van der Waals surface area contributed by atoms with Crippen molar-refractivity contribution in [3.63, 3.8) is 0 Å². The van der Waals surface area contributed by atoms with E-state index in [1.165, 1.54) is 12.1 Å². The average molecular weight is 303 g/mol. The van der Waals surface area contributed by atoms with Crippen LogP contribution in [0.4, 0.5) is 8.78 Å². The lowest BCUT2D eigenvalue weighted by molar-refractivity contribution is -0.138. The van der Waals surface area contributed by atoms with E-state index >= 15 is 0 Å². The van der Waals surface area contributed by atoms with E-state index in [9.17, 15) is 13.6 Å². The van der Waals surface area contributed by atoms with Crippen molar-refractivity contribution in [3.05, 3.63) is 35.4 Å². The van der Waals surface area contributed by atoms with E-state index in [0.29, 0.717) is 18.7 Å². The topological polar surface area (TPSA) is 32.3 Å².